The van der Waals surface area contributed by atoms with Gasteiger partial charge < -0.3 is 14.8 Å². The predicted octanol–water partition coefficient (Wildman–Crippen LogP) is -0.600. The molecule has 0 spiro atoms. The maximum Gasteiger partial charge on any atom is 0.325 e. The van der Waals surface area contributed by atoms with Crippen molar-refractivity contribution in [2.45, 2.75) is 44.2 Å². The number of Topliss-reactive ketones (excluding diaryl/α,β-unsaturated/α-hetero) is 1. The molecular weight excluding hydrogens is 240 g/mol. The number of nitrogens with zero attached hydrogens (tertiary/aromatic N) is 1. The van der Waals surface area contributed by atoms with Crippen molar-refractivity contribution < 1.29 is 23.9 Å². The number of imide groups is 1. The third kappa shape index (κ3) is 1.47. The number of nitrogens with one attached hydrogen (secondary N) is 1. The summed E-state index contributed by atoms with van der Waals surface area (Å²) in [4.78, 5) is 36.8. The molecule has 0 aromatic rings. The number of urea groups is 1. The van der Waals surface area contributed by atoms with Gasteiger partial charge in [-0.05, 0) is 13.8 Å². The van der Waals surface area contributed by atoms with E-state index in [1.807, 2.05) is 0 Å². The van der Waals surface area contributed by atoms with Crippen molar-refractivity contribution in [1.29, 1.82) is 0 Å². The van der Waals surface area contributed by atoms with Crippen LogP contribution in [-0.2, 0) is 19.1 Å². The van der Waals surface area contributed by atoms with Crippen LogP contribution in [0, 0.1) is 0 Å². The van der Waals surface area contributed by atoms with Crippen molar-refractivity contribution in [1.82, 2.24) is 10.2 Å². The molecule has 0 unspecified atom stereocenters. The smallest absolute Gasteiger partial charge is 0.325 e. The molecule has 18 heavy (non-hydrogen) atoms. The Bertz CT molecular complexity index is 447. The van der Waals surface area contributed by atoms with Gasteiger partial charge in [-0.1, -0.05) is 0 Å². The maximum absolute atomic E-state index is 12.2. The van der Waals surface area contributed by atoms with E-state index in [0.29, 0.717) is 0 Å². The minimum absolute atomic E-state index is 0.102. The number of fused-ring (bicyclic) bond motifs is 2. The second kappa shape index (κ2) is 3.52. The van der Waals surface area contributed by atoms with E-state index in [1.165, 1.54) is 0 Å². The lowest BCUT2D eigenvalue weighted by Gasteiger charge is -2.32. The van der Waals surface area contributed by atoms with Crippen LogP contribution in [0.3, 0.4) is 0 Å². The van der Waals surface area contributed by atoms with E-state index in [-0.39, 0.29) is 24.7 Å². The molecule has 7 nitrogen and oxygen atoms in total. The lowest BCUT2D eigenvalue weighted by atomic mass is 9.99. The van der Waals surface area contributed by atoms with E-state index in [1.54, 1.807) is 13.8 Å². The van der Waals surface area contributed by atoms with E-state index in [9.17, 15) is 14.4 Å². The first-order chi connectivity index (χ1) is 8.40. The number of carbonyl (C=O) groups is 3. The molecule has 3 atom stereocenters. The van der Waals surface area contributed by atoms with Gasteiger partial charge in [0.15, 0.2) is 5.78 Å². The number of ether oxygens (including phenoxy) is 2. The van der Waals surface area contributed by atoms with Gasteiger partial charge >= 0.3 is 6.03 Å². The van der Waals surface area contributed by atoms with E-state index in [0.717, 1.165) is 4.90 Å². The van der Waals surface area contributed by atoms with Gasteiger partial charge in [0.05, 0.1) is 12.6 Å². The van der Waals surface area contributed by atoms with Crippen LogP contribution < -0.4 is 5.32 Å². The SMILES string of the molecule is CC1(C)NC(=O)N([C@H]2CC(=O)[C@@H]3OC[C@H]2O3)C1=O. The van der Waals surface area contributed by atoms with Crippen molar-refractivity contribution in [3.05, 3.63) is 0 Å². The fourth-order valence-corrected chi connectivity index (χ4v) is 2.56. The fourth-order valence-electron chi connectivity index (χ4n) is 2.56. The van der Waals surface area contributed by atoms with Crippen molar-refractivity contribution in [2.75, 3.05) is 6.61 Å². The molecule has 0 saturated carbocycles. The summed E-state index contributed by atoms with van der Waals surface area (Å²) in [5.74, 6) is -0.557. The molecule has 7 heteroatoms. The molecule has 2 bridgehead atoms. The molecule has 3 rings (SSSR count). The van der Waals surface area contributed by atoms with Crippen molar-refractivity contribution in [3.63, 3.8) is 0 Å². The summed E-state index contributed by atoms with van der Waals surface area (Å²) in [5, 5.41) is 2.59. The maximum atomic E-state index is 12.2. The van der Waals surface area contributed by atoms with E-state index in [2.05, 4.69) is 5.32 Å². The zero-order valence-electron chi connectivity index (χ0n) is 10.1. The van der Waals surface area contributed by atoms with Gasteiger partial charge in [-0.3, -0.25) is 14.5 Å². The summed E-state index contributed by atoms with van der Waals surface area (Å²) >= 11 is 0. The lowest BCUT2D eigenvalue weighted by molar-refractivity contribution is -0.159. The first kappa shape index (κ1) is 11.6. The standard InChI is InChI=1S/C11H14N2O5/c1-11(2)9(15)13(10(16)12-11)5-3-6(14)8-17-4-7(5)18-8/h5,7-8H,3-4H2,1-2H3,(H,12,16)/t5-,7+,8+/m0/s1. The van der Waals surface area contributed by atoms with E-state index >= 15 is 0 Å². The lowest BCUT2D eigenvalue weighted by Crippen LogP contribution is -2.53. The molecule has 3 aliphatic rings. The minimum atomic E-state index is -0.934. The van der Waals surface area contributed by atoms with E-state index in [4.69, 9.17) is 9.47 Å². The Kier molecular flexibility index (Phi) is 2.27. The summed E-state index contributed by atoms with van der Waals surface area (Å²) in [6.07, 6.45) is -1.12. The number of carbonyl (C=O) groups excluding carboxylic acids is 3. The number of ketones is 1. The van der Waals surface area contributed by atoms with Crippen molar-refractivity contribution in [3.8, 4) is 0 Å². The number of amides is 3. The van der Waals surface area contributed by atoms with Crippen LogP contribution in [-0.4, -0.2) is 53.2 Å². The van der Waals surface area contributed by atoms with Gasteiger partial charge in [-0.2, -0.15) is 0 Å². The van der Waals surface area contributed by atoms with Crippen molar-refractivity contribution >= 4 is 17.7 Å². The summed E-state index contributed by atoms with van der Waals surface area (Å²) in [6, 6.07) is -1.04. The van der Waals surface area contributed by atoms with Crippen LogP contribution in [0.25, 0.3) is 0 Å². The summed E-state index contributed by atoms with van der Waals surface area (Å²) in [6.45, 7) is 3.50. The molecule has 3 aliphatic heterocycles. The summed E-state index contributed by atoms with van der Waals surface area (Å²) < 4.78 is 10.5. The molecule has 3 amide bonds. The summed E-state index contributed by atoms with van der Waals surface area (Å²) in [5.41, 5.74) is -0.934. The van der Waals surface area contributed by atoms with Gasteiger partial charge in [0.2, 0.25) is 6.29 Å². The minimum Gasteiger partial charge on any atom is -0.343 e. The van der Waals surface area contributed by atoms with Gasteiger partial charge in [0, 0.05) is 6.42 Å². The Morgan fingerprint density at radius 3 is 2.67 bits per heavy atom. The van der Waals surface area contributed by atoms with Gasteiger partial charge in [-0.25, -0.2) is 4.79 Å². The highest BCUT2D eigenvalue weighted by molar-refractivity contribution is 6.07. The molecule has 3 saturated heterocycles. The van der Waals surface area contributed by atoms with Crippen LogP contribution in [0.4, 0.5) is 4.79 Å². The Morgan fingerprint density at radius 2 is 2.06 bits per heavy atom. The third-order valence-electron chi connectivity index (χ3n) is 3.54. The zero-order valence-corrected chi connectivity index (χ0v) is 10.1. The second-order valence-corrected chi connectivity index (χ2v) is 5.31. The second-order valence-electron chi connectivity index (χ2n) is 5.31. The highest BCUT2D eigenvalue weighted by Gasteiger charge is 2.54. The topological polar surface area (TPSA) is 84.9 Å². The van der Waals surface area contributed by atoms with Gasteiger partial charge in [-0.15, -0.1) is 0 Å². The highest BCUT2D eigenvalue weighted by atomic mass is 16.7. The van der Waals surface area contributed by atoms with Crippen LogP contribution in [0.2, 0.25) is 0 Å². The first-order valence-corrected chi connectivity index (χ1v) is 5.86. The molecule has 3 fully saturated rings. The molecule has 0 radical (unpaired) electrons. The Hall–Kier alpha value is -1.47. The first-order valence-electron chi connectivity index (χ1n) is 5.86. The molecule has 98 valence electrons. The molecule has 0 aromatic heterocycles. The van der Waals surface area contributed by atoms with E-state index < -0.39 is 30.0 Å². The normalized spacial score (nSPS) is 38.2. The average molecular weight is 254 g/mol. The van der Waals surface area contributed by atoms with Crippen LogP contribution >= 0.6 is 0 Å². The monoisotopic (exact) mass is 254 g/mol. The number of hydrogen-bond donors (Lipinski definition) is 1. The highest BCUT2D eigenvalue weighted by Crippen LogP contribution is 2.31. The Balaban J connectivity index is 1.89. The largest absolute Gasteiger partial charge is 0.343 e. The van der Waals surface area contributed by atoms with Crippen LogP contribution in [0.15, 0.2) is 0 Å². The molecular formula is C11H14N2O5. The molecule has 1 N–H and O–H groups in total. The molecule has 3 heterocycles. The third-order valence-corrected chi connectivity index (χ3v) is 3.54. The predicted molar refractivity (Wildman–Crippen MR) is 57.5 cm³/mol. The average Bonchev–Trinajstić information content (AvgIpc) is 2.77. The van der Waals surface area contributed by atoms with Crippen LogP contribution in [0.1, 0.15) is 20.3 Å². The summed E-state index contributed by atoms with van der Waals surface area (Å²) in [7, 11) is 0. The number of rotatable bonds is 1. The van der Waals surface area contributed by atoms with Crippen LogP contribution in [0.5, 0.6) is 0 Å². The molecule has 0 aromatic carbocycles. The fraction of sp³-hybridized carbons (Fsp3) is 0.727. The van der Waals surface area contributed by atoms with Crippen molar-refractivity contribution in [2.24, 2.45) is 0 Å². The Morgan fingerprint density at radius 1 is 1.33 bits per heavy atom. The number of hydrogen-bond acceptors (Lipinski definition) is 5. The van der Waals surface area contributed by atoms with Gasteiger partial charge in [0.1, 0.15) is 11.6 Å². The Labute approximate surface area is 103 Å². The molecule has 0 aliphatic carbocycles. The van der Waals surface area contributed by atoms with Gasteiger partial charge in [0.25, 0.3) is 5.91 Å². The zero-order chi connectivity index (χ0) is 13.1. The quantitative estimate of drug-likeness (QED) is 0.631.